The second kappa shape index (κ2) is 10.6. The summed E-state index contributed by atoms with van der Waals surface area (Å²) < 4.78 is 33.3. The summed E-state index contributed by atoms with van der Waals surface area (Å²) in [5, 5.41) is 5.17. The SMILES string of the molecule is CCOc1ccc(NC(=O)CNC(=O)c2cccc(S(=O)(=O)Nc3cccc(C)c3)c2)cc1. The highest BCUT2D eigenvalue weighted by Crippen LogP contribution is 2.18. The lowest BCUT2D eigenvalue weighted by Crippen LogP contribution is -2.33. The van der Waals surface area contributed by atoms with Gasteiger partial charge in [-0.15, -0.1) is 0 Å². The van der Waals surface area contributed by atoms with Gasteiger partial charge in [-0.05, 0) is 74.0 Å². The quantitative estimate of drug-likeness (QED) is 0.445. The van der Waals surface area contributed by atoms with E-state index in [1.807, 2.05) is 19.9 Å². The van der Waals surface area contributed by atoms with Crippen molar-refractivity contribution in [2.75, 3.05) is 23.2 Å². The number of aryl methyl sites for hydroxylation is 1. The Morgan fingerprint density at radius 2 is 1.64 bits per heavy atom. The number of hydrogen-bond acceptors (Lipinski definition) is 5. The van der Waals surface area contributed by atoms with Gasteiger partial charge in [0, 0.05) is 16.9 Å². The molecule has 3 rings (SSSR count). The number of carbonyl (C=O) groups excluding carboxylic acids is 2. The lowest BCUT2D eigenvalue weighted by molar-refractivity contribution is -0.115. The first-order valence-corrected chi connectivity index (χ1v) is 11.8. The topological polar surface area (TPSA) is 114 Å². The van der Waals surface area contributed by atoms with Crippen LogP contribution >= 0.6 is 0 Å². The summed E-state index contributed by atoms with van der Waals surface area (Å²) in [7, 11) is -3.89. The zero-order chi connectivity index (χ0) is 23.8. The Balaban J connectivity index is 1.60. The molecule has 0 aliphatic carbocycles. The van der Waals surface area contributed by atoms with Crippen LogP contribution in [-0.2, 0) is 14.8 Å². The molecule has 0 saturated heterocycles. The van der Waals surface area contributed by atoms with Gasteiger partial charge in [-0.1, -0.05) is 18.2 Å². The van der Waals surface area contributed by atoms with Crippen molar-refractivity contribution in [1.82, 2.24) is 5.32 Å². The third-order valence-electron chi connectivity index (χ3n) is 4.54. The van der Waals surface area contributed by atoms with Crippen LogP contribution in [0.15, 0.2) is 77.7 Å². The van der Waals surface area contributed by atoms with Gasteiger partial charge < -0.3 is 15.4 Å². The third kappa shape index (κ3) is 6.81. The van der Waals surface area contributed by atoms with Crippen LogP contribution in [0.1, 0.15) is 22.8 Å². The molecule has 0 unspecified atom stereocenters. The molecular weight excluding hydrogens is 442 g/mol. The van der Waals surface area contributed by atoms with Crippen LogP contribution in [0.5, 0.6) is 5.75 Å². The first-order chi connectivity index (χ1) is 15.8. The van der Waals surface area contributed by atoms with Gasteiger partial charge in [0.2, 0.25) is 5.91 Å². The summed E-state index contributed by atoms with van der Waals surface area (Å²) in [5.41, 5.74) is 2.02. The highest BCUT2D eigenvalue weighted by molar-refractivity contribution is 7.92. The molecular formula is C24H25N3O5S. The van der Waals surface area contributed by atoms with Crippen LogP contribution in [-0.4, -0.2) is 33.4 Å². The number of ether oxygens (including phenoxy) is 1. The van der Waals surface area contributed by atoms with Crippen LogP contribution in [0.4, 0.5) is 11.4 Å². The molecule has 8 nitrogen and oxygen atoms in total. The Hall–Kier alpha value is -3.85. The van der Waals surface area contributed by atoms with Gasteiger partial charge in [0.15, 0.2) is 0 Å². The Morgan fingerprint density at radius 1 is 0.909 bits per heavy atom. The minimum Gasteiger partial charge on any atom is -0.494 e. The van der Waals surface area contributed by atoms with Crippen molar-refractivity contribution in [3.63, 3.8) is 0 Å². The molecule has 0 aliphatic rings. The number of amides is 2. The molecule has 172 valence electrons. The van der Waals surface area contributed by atoms with Crippen molar-refractivity contribution >= 4 is 33.2 Å². The smallest absolute Gasteiger partial charge is 0.261 e. The number of carbonyl (C=O) groups is 2. The normalized spacial score (nSPS) is 10.8. The van der Waals surface area contributed by atoms with Crippen LogP contribution in [0.3, 0.4) is 0 Å². The second-order valence-corrected chi connectivity index (χ2v) is 8.87. The summed E-state index contributed by atoms with van der Waals surface area (Å²) in [5.74, 6) is -0.294. The molecule has 0 aromatic heterocycles. The Morgan fingerprint density at radius 3 is 2.33 bits per heavy atom. The van der Waals surface area contributed by atoms with E-state index in [9.17, 15) is 18.0 Å². The molecule has 3 N–H and O–H groups in total. The van der Waals surface area contributed by atoms with Gasteiger partial charge in [-0.2, -0.15) is 0 Å². The molecule has 0 spiro atoms. The van der Waals surface area contributed by atoms with Crippen molar-refractivity contribution in [2.24, 2.45) is 0 Å². The maximum absolute atomic E-state index is 12.7. The van der Waals surface area contributed by atoms with Gasteiger partial charge in [-0.25, -0.2) is 8.42 Å². The first kappa shape index (κ1) is 23.8. The molecule has 9 heteroatoms. The second-order valence-electron chi connectivity index (χ2n) is 7.19. The summed E-state index contributed by atoms with van der Waals surface area (Å²) in [6.07, 6.45) is 0. The van der Waals surface area contributed by atoms with Crippen molar-refractivity contribution < 1.29 is 22.7 Å². The van der Waals surface area contributed by atoms with E-state index in [0.717, 1.165) is 5.56 Å². The Kier molecular flexibility index (Phi) is 7.68. The molecule has 0 aliphatic heterocycles. The minimum atomic E-state index is -3.89. The summed E-state index contributed by atoms with van der Waals surface area (Å²) in [4.78, 5) is 24.6. The van der Waals surface area contributed by atoms with E-state index < -0.39 is 21.8 Å². The highest BCUT2D eigenvalue weighted by Gasteiger charge is 2.17. The first-order valence-electron chi connectivity index (χ1n) is 10.3. The van der Waals surface area contributed by atoms with E-state index in [4.69, 9.17) is 4.74 Å². The number of rotatable bonds is 9. The van der Waals surface area contributed by atoms with E-state index >= 15 is 0 Å². The Bertz CT molecular complexity index is 1240. The molecule has 0 fully saturated rings. The molecule has 3 aromatic rings. The maximum atomic E-state index is 12.7. The van der Waals surface area contributed by atoms with Crippen LogP contribution < -0.4 is 20.1 Å². The molecule has 2 amide bonds. The number of hydrogen-bond donors (Lipinski definition) is 3. The molecule has 0 heterocycles. The summed E-state index contributed by atoms with van der Waals surface area (Å²) >= 11 is 0. The highest BCUT2D eigenvalue weighted by atomic mass is 32.2. The van der Waals surface area contributed by atoms with Crippen molar-refractivity contribution in [2.45, 2.75) is 18.7 Å². The average Bonchev–Trinajstić information content (AvgIpc) is 2.79. The lowest BCUT2D eigenvalue weighted by Gasteiger charge is -2.11. The van der Waals surface area contributed by atoms with Crippen LogP contribution in [0.25, 0.3) is 0 Å². The molecule has 33 heavy (non-hydrogen) atoms. The zero-order valence-electron chi connectivity index (χ0n) is 18.3. The molecule has 0 radical (unpaired) electrons. The van der Waals surface area contributed by atoms with Crippen molar-refractivity contribution in [3.8, 4) is 5.75 Å². The van der Waals surface area contributed by atoms with Crippen LogP contribution in [0, 0.1) is 6.92 Å². The fourth-order valence-corrected chi connectivity index (χ4v) is 4.09. The number of sulfonamides is 1. The largest absolute Gasteiger partial charge is 0.494 e. The van der Waals surface area contributed by atoms with E-state index in [-0.39, 0.29) is 17.0 Å². The fraction of sp³-hybridized carbons (Fsp3) is 0.167. The minimum absolute atomic E-state index is 0.0597. The average molecular weight is 468 g/mol. The molecule has 0 atom stereocenters. The lowest BCUT2D eigenvalue weighted by atomic mass is 10.2. The maximum Gasteiger partial charge on any atom is 0.261 e. The van der Waals surface area contributed by atoms with Gasteiger partial charge in [0.1, 0.15) is 5.75 Å². The standard InChI is InChI=1S/C24H25N3O5S/c1-3-32-21-12-10-19(11-13-21)26-23(28)16-25-24(29)18-7-5-9-22(15-18)33(30,31)27-20-8-4-6-17(2)14-20/h4-15,27H,3,16H2,1-2H3,(H,25,29)(H,26,28). The summed E-state index contributed by atoms with van der Waals surface area (Å²) in [6.45, 7) is 4.01. The predicted octanol–water partition coefficient (Wildman–Crippen LogP) is 3.56. The van der Waals surface area contributed by atoms with Gasteiger partial charge in [0.25, 0.3) is 15.9 Å². The zero-order valence-corrected chi connectivity index (χ0v) is 19.1. The monoisotopic (exact) mass is 467 g/mol. The molecule has 0 bridgehead atoms. The van der Waals surface area contributed by atoms with E-state index in [1.54, 1.807) is 42.5 Å². The predicted molar refractivity (Wildman–Crippen MR) is 127 cm³/mol. The number of nitrogens with one attached hydrogen (secondary N) is 3. The van der Waals surface area contributed by atoms with E-state index in [0.29, 0.717) is 23.7 Å². The third-order valence-corrected chi connectivity index (χ3v) is 5.91. The Labute approximate surface area is 193 Å². The number of benzene rings is 3. The fourth-order valence-electron chi connectivity index (χ4n) is 3.00. The molecule has 0 saturated carbocycles. The number of anilines is 2. The van der Waals surface area contributed by atoms with E-state index in [1.165, 1.54) is 24.3 Å². The van der Waals surface area contributed by atoms with Gasteiger partial charge in [0.05, 0.1) is 18.0 Å². The van der Waals surface area contributed by atoms with Crippen molar-refractivity contribution in [1.29, 1.82) is 0 Å². The van der Waals surface area contributed by atoms with E-state index in [2.05, 4.69) is 15.4 Å². The van der Waals surface area contributed by atoms with Crippen LogP contribution in [0.2, 0.25) is 0 Å². The van der Waals surface area contributed by atoms with Gasteiger partial charge >= 0.3 is 0 Å². The molecule has 3 aromatic carbocycles. The van der Waals surface area contributed by atoms with Crippen molar-refractivity contribution in [3.05, 3.63) is 83.9 Å². The van der Waals surface area contributed by atoms with Gasteiger partial charge in [-0.3, -0.25) is 14.3 Å². The summed E-state index contributed by atoms with van der Waals surface area (Å²) in [6, 6.07) is 19.4.